The van der Waals surface area contributed by atoms with Gasteiger partial charge in [-0.15, -0.1) is 11.8 Å². The van der Waals surface area contributed by atoms with Gasteiger partial charge in [-0.3, -0.25) is 4.79 Å². The first kappa shape index (κ1) is 19.8. The fraction of sp³-hybridized carbons (Fsp3) is 0.300. The number of anilines is 1. The molecular formula is C20H24N2O3S. The normalized spacial score (nSPS) is 10.9. The van der Waals surface area contributed by atoms with E-state index in [2.05, 4.69) is 10.6 Å². The summed E-state index contributed by atoms with van der Waals surface area (Å²) in [5, 5.41) is 5.56. The maximum absolute atomic E-state index is 12.3. The van der Waals surface area contributed by atoms with Gasteiger partial charge in [0.15, 0.2) is 0 Å². The first-order valence-corrected chi connectivity index (χ1v) is 9.50. The summed E-state index contributed by atoms with van der Waals surface area (Å²) in [7, 11) is 0. The summed E-state index contributed by atoms with van der Waals surface area (Å²) in [5.74, 6) is -0.173. The van der Waals surface area contributed by atoms with Gasteiger partial charge in [-0.05, 0) is 69.0 Å². The van der Waals surface area contributed by atoms with E-state index in [-0.39, 0.29) is 5.91 Å². The highest BCUT2D eigenvalue weighted by molar-refractivity contribution is 7.98. The maximum atomic E-state index is 12.3. The van der Waals surface area contributed by atoms with E-state index < -0.39 is 11.7 Å². The lowest BCUT2D eigenvalue weighted by Crippen LogP contribution is -2.32. The van der Waals surface area contributed by atoms with Gasteiger partial charge in [0.2, 0.25) is 0 Å². The third-order valence-corrected chi connectivity index (χ3v) is 4.14. The topological polar surface area (TPSA) is 67.4 Å². The number of amides is 2. The number of carbonyl (C=O) groups excluding carboxylic acids is 2. The van der Waals surface area contributed by atoms with Crippen molar-refractivity contribution in [3.8, 4) is 0 Å². The Morgan fingerprint density at radius 2 is 1.62 bits per heavy atom. The minimum atomic E-state index is -0.528. The van der Waals surface area contributed by atoms with Crippen LogP contribution in [0.5, 0.6) is 0 Å². The molecule has 0 atom stereocenters. The molecule has 0 spiro atoms. The molecule has 2 aromatic rings. The number of alkyl carbamates (subject to hydrolysis) is 1. The summed E-state index contributed by atoms with van der Waals surface area (Å²) < 4.78 is 5.19. The van der Waals surface area contributed by atoms with E-state index in [1.54, 1.807) is 23.9 Å². The van der Waals surface area contributed by atoms with E-state index in [0.717, 1.165) is 16.1 Å². The van der Waals surface area contributed by atoms with Crippen molar-refractivity contribution in [2.75, 3.05) is 11.6 Å². The molecule has 2 aromatic carbocycles. The van der Waals surface area contributed by atoms with Gasteiger partial charge in [0, 0.05) is 22.7 Å². The number of rotatable bonds is 5. The molecule has 2 N–H and O–H groups in total. The molecule has 0 aromatic heterocycles. The predicted molar refractivity (Wildman–Crippen MR) is 106 cm³/mol. The van der Waals surface area contributed by atoms with E-state index in [4.69, 9.17) is 4.74 Å². The number of thioether (sulfide) groups is 1. The van der Waals surface area contributed by atoms with Gasteiger partial charge in [-0.1, -0.05) is 12.1 Å². The molecule has 0 saturated heterocycles. The highest BCUT2D eigenvalue weighted by Crippen LogP contribution is 2.18. The number of nitrogens with one attached hydrogen (secondary N) is 2. The third-order valence-electron chi connectivity index (χ3n) is 3.40. The van der Waals surface area contributed by atoms with Crippen molar-refractivity contribution in [1.82, 2.24) is 5.32 Å². The number of ether oxygens (including phenoxy) is 1. The lowest BCUT2D eigenvalue weighted by molar-refractivity contribution is 0.0523. The maximum Gasteiger partial charge on any atom is 0.407 e. The summed E-state index contributed by atoms with van der Waals surface area (Å²) in [6.45, 7) is 5.78. The molecule has 0 radical (unpaired) electrons. The Morgan fingerprint density at radius 1 is 1.00 bits per heavy atom. The SMILES string of the molecule is CSc1ccc(NC(=O)c2ccc(CNC(=O)OC(C)(C)C)cc2)cc1. The lowest BCUT2D eigenvalue weighted by Gasteiger charge is -2.19. The van der Waals surface area contributed by atoms with Crippen molar-refractivity contribution in [3.05, 3.63) is 59.7 Å². The standard InChI is InChI=1S/C20H24N2O3S/c1-20(2,3)25-19(24)21-13-14-5-7-15(8-6-14)18(23)22-16-9-11-17(26-4)12-10-16/h5-12H,13H2,1-4H3,(H,21,24)(H,22,23). The number of hydrogen-bond acceptors (Lipinski definition) is 4. The van der Waals surface area contributed by atoms with Crippen LogP contribution in [0, 0.1) is 0 Å². The minimum absolute atomic E-state index is 0.173. The third kappa shape index (κ3) is 6.44. The zero-order valence-corrected chi connectivity index (χ0v) is 16.3. The highest BCUT2D eigenvalue weighted by atomic mass is 32.2. The molecule has 2 amide bonds. The number of carbonyl (C=O) groups is 2. The van der Waals surface area contributed by atoms with Crippen LogP contribution >= 0.6 is 11.8 Å². The van der Waals surface area contributed by atoms with Crippen LogP contribution in [0.25, 0.3) is 0 Å². The summed E-state index contributed by atoms with van der Waals surface area (Å²) in [6.07, 6.45) is 1.54. The van der Waals surface area contributed by atoms with Gasteiger partial charge in [-0.25, -0.2) is 4.79 Å². The summed E-state index contributed by atoms with van der Waals surface area (Å²) in [4.78, 5) is 25.1. The smallest absolute Gasteiger partial charge is 0.407 e. The van der Waals surface area contributed by atoms with Crippen molar-refractivity contribution < 1.29 is 14.3 Å². The zero-order chi connectivity index (χ0) is 19.2. The number of hydrogen-bond donors (Lipinski definition) is 2. The molecule has 0 aliphatic carbocycles. The van der Waals surface area contributed by atoms with Gasteiger partial charge in [0.1, 0.15) is 5.60 Å². The van der Waals surface area contributed by atoms with Crippen molar-refractivity contribution >= 4 is 29.4 Å². The van der Waals surface area contributed by atoms with Crippen LogP contribution in [0.3, 0.4) is 0 Å². The fourth-order valence-corrected chi connectivity index (χ4v) is 2.55. The summed E-state index contributed by atoms with van der Waals surface area (Å²) >= 11 is 1.65. The molecule has 5 nitrogen and oxygen atoms in total. The van der Waals surface area contributed by atoms with Crippen LogP contribution in [0.2, 0.25) is 0 Å². The van der Waals surface area contributed by atoms with Crippen LogP contribution < -0.4 is 10.6 Å². The van der Waals surface area contributed by atoms with E-state index in [0.29, 0.717) is 12.1 Å². The van der Waals surface area contributed by atoms with Crippen molar-refractivity contribution in [2.45, 2.75) is 37.8 Å². The quantitative estimate of drug-likeness (QED) is 0.748. The molecule has 0 bridgehead atoms. The van der Waals surface area contributed by atoms with Crippen molar-refractivity contribution in [1.29, 1.82) is 0 Å². The predicted octanol–water partition coefficient (Wildman–Crippen LogP) is 4.69. The first-order valence-electron chi connectivity index (χ1n) is 8.28. The molecule has 0 aliphatic heterocycles. The molecule has 0 heterocycles. The van der Waals surface area contributed by atoms with Gasteiger partial charge < -0.3 is 15.4 Å². The zero-order valence-electron chi connectivity index (χ0n) is 15.5. The van der Waals surface area contributed by atoms with Gasteiger partial charge in [0.25, 0.3) is 5.91 Å². The Balaban J connectivity index is 1.89. The van der Waals surface area contributed by atoms with E-state index in [9.17, 15) is 9.59 Å². The Hall–Kier alpha value is -2.47. The largest absolute Gasteiger partial charge is 0.444 e. The molecule has 0 aliphatic rings. The van der Waals surface area contributed by atoms with E-state index >= 15 is 0 Å². The Morgan fingerprint density at radius 3 is 2.15 bits per heavy atom. The van der Waals surface area contributed by atoms with Crippen LogP contribution in [-0.2, 0) is 11.3 Å². The Kier molecular flexibility index (Phi) is 6.69. The molecule has 26 heavy (non-hydrogen) atoms. The summed E-state index contributed by atoms with van der Waals surface area (Å²) in [6, 6.07) is 14.8. The molecule has 0 fully saturated rings. The van der Waals surface area contributed by atoms with Gasteiger partial charge in [0.05, 0.1) is 0 Å². The monoisotopic (exact) mass is 372 g/mol. The second-order valence-corrected chi connectivity index (χ2v) is 7.61. The van der Waals surface area contributed by atoms with Crippen LogP contribution in [-0.4, -0.2) is 23.9 Å². The fourth-order valence-electron chi connectivity index (χ4n) is 2.14. The average Bonchev–Trinajstić information content (AvgIpc) is 2.59. The number of benzene rings is 2. The van der Waals surface area contributed by atoms with Crippen LogP contribution in [0.15, 0.2) is 53.4 Å². The minimum Gasteiger partial charge on any atom is -0.444 e. The molecule has 0 saturated carbocycles. The molecule has 6 heteroatoms. The second-order valence-electron chi connectivity index (χ2n) is 6.73. The Labute approximate surface area is 158 Å². The molecule has 2 rings (SSSR count). The van der Waals surface area contributed by atoms with Crippen molar-refractivity contribution in [3.63, 3.8) is 0 Å². The Bertz CT molecular complexity index is 750. The summed E-state index contributed by atoms with van der Waals surface area (Å²) in [5.41, 5.74) is 1.67. The van der Waals surface area contributed by atoms with E-state index in [1.165, 1.54) is 0 Å². The first-order chi connectivity index (χ1) is 12.3. The highest BCUT2D eigenvalue weighted by Gasteiger charge is 2.15. The average molecular weight is 372 g/mol. The van der Waals surface area contributed by atoms with E-state index in [1.807, 2.05) is 63.4 Å². The molecule has 0 unspecified atom stereocenters. The van der Waals surface area contributed by atoms with Gasteiger partial charge >= 0.3 is 6.09 Å². The van der Waals surface area contributed by atoms with Crippen molar-refractivity contribution in [2.24, 2.45) is 0 Å². The van der Waals surface area contributed by atoms with Crippen LogP contribution in [0.4, 0.5) is 10.5 Å². The van der Waals surface area contributed by atoms with Gasteiger partial charge in [-0.2, -0.15) is 0 Å². The molecular weight excluding hydrogens is 348 g/mol. The second kappa shape index (κ2) is 8.76. The lowest BCUT2D eigenvalue weighted by atomic mass is 10.1. The van der Waals surface area contributed by atoms with Crippen LogP contribution in [0.1, 0.15) is 36.7 Å². The molecule has 138 valence electrons.